The lowest BCUT2D eigenvalue weighted by Crippen LogP contribution is -2.26. The van der Waals surface area contributed by atoms with Crippen molar-refractivity contribution in [2.24, 2.45) is 29.6 Å². The fraction of sp³-hybridized carbons (Fsp3) is 1.00. The van der Waals surface area contributed by atoms with Gasteiger partial charge in [-0.25, -0.2) is 0 Å². The summed E-state index contributed by atoms with van der Waals surface area (Å²) in [5, 5.41) is 10.5. The summed E-state index contributed by atoms with van der Waals surface area (Å²) in [6.45, 7) is 11.8. The minimum atomic E-state index is -0.0299. The fourth-order valence-corrected chi connectivity index (χ4v) is 4.37. The second kappa shape index (κ2) is 10.7. The average Bonchev–Trinajstić information content (AvgIpc) is 2.50. The van der Waals surface area contributed by atoms with Crippen molar-refractivity contribution >= 4 is 0 Å². The van der Waals surface area contributed by atoms with Crippen molar-refractivity contribution in [1.29, 1.82) is 0 Å². The van der Waals surface area contributed by atoms with Crippen LogP contribution in [0.15, 0.2) is 0 Å². The quantitative estimate of drug-likeness (QED) is 0.460. The van der Waals surface area contributed by atoms with E-state index in [-0.39, 0.29) is 6.10 Å². The molecule has 1 aliphatic rings. The molecule has 0 heterocycles. The Morgan fingerprint density at radius 2 is 1.64 bits per heavy atom. The van der Waals surface area contributed by atoms with E-state index in [1.807, 2.05) is 0 Å². The van der Waals surface area contributed by atoms with Crippen LogP contribution in [0.1, 0.15) is 98.8 Å². The van der Waals surface area contributed by atoms with E-state index in [0.29, 0.717) is 5.92 Å². The van der Waals surface area contributed by atoms with Gasteiger partial charge < -0.3 is 5.11 Å². The number of unbranched alkanes of at least 4 members (excludes halogenated alkanes) is 1. The predicted molar refractivity (Wildman–Crippen MR) is 98.0 cm³/mol. The monoisotopic (exact) mass is 310 g/mol. The van der Waals surface area contributed by atoms with Gasteiger partial charge in [0, 0.05) is 0 Å². The Morgan fingerprint density at radius 3 is 2.27 bits per heavy atom. The first kappa shape index (κ1) is 20.0. The average molecular weight is 311 g/mol. The zero-order valence-corrected chi connectivity index (χ0v) is 16.0. The molecule has 0 radical (unpaired) electrons. The molecule has 0 bridgehead atoms. The topological polar surface area (TPSA) is 20.2 Å². The Hall–Kier alpha value is -0.0400. The third-order valence-corrected chi connectivity index (χ3v) is 6.17. The van der Waals surface area contributed by atoms with E-state index in [0.717, 1.165) is 30.1 Å². The number of hydrogen-bond acceptors (Lipinski definition) is 1. The number of aliphatic hydroxyl groups excluding tert-OH is 1. The molecule has 1 rings (SSSR count). The normalized spacial score (nSPS) is 26.9. The van der Waals surface area contributed by atoms with E-state index < -0.39 is 0 Å². The van der Waals surface area contributed by atoms with Gasteiger partial charge in [-0.15, -0.1) is 0 Å². The summed E-state index contributed by atoms with van der Waals surface area (Å²) in [6, 6.07) is 0. The Bertz CT molecular complexity index is 273. The molecule has 2 unspecified atom stereocenters. The van der Waals surface area contributed by atoms with Gasteiger partial charge in [-0.1, -0.05) is 73.1 Å². The molecule has 1 nitrogen and oxygen atoms in total. The highest BCUT2D eigenvalue weighted by atomic mass is 16.3. The second-order valence-electron chi connectivity index (χ2n) is 8.64. The SMILES string of the molecule is CC[C@@H]1CCCC(C(O)CCCC[C@H](C)[C@@H](C)CC(C)C)C1. The van der Waals surface area contributed by atoms with Gasteiger partial charge >= 0.3 is 0 Å². The highest BCUT2D eigenvalue weighted by Gasteiger charge is 2.26. The second-order valence-corrected chi connectivity index (χ2v) is 8.64. The molecule has 0 aromatic heterocycles. The Morgan fingerprint density at radius 1 is 0.955 bits per heavy atom. The molecule has 0 aromatic rings. The predicted octanol–water partition coefficient (Wildman–Crippen LogP) is 6.44. The maximum Gasteiger partial charge on any atom is 0.0568 e. The largest absolute Gasteiger partial charge is 0.393 e. The fourth-order valence-electron chi connectivity index (χ4n) is 4.37. The van der Waals surface area contributed by atoms with Gasteiger partial charge in [0.1, 0.15) is 0 Å². The lowest BCUT2D eigenvalue weighted by Gasteiger charge is -2.32. The van der Waals surface area contributed by atoms with Crippen LogP contribution in [0.2, 0.25) is 0 Å². The van der Waals surface area contributed by atoms with Crippen LogP contribution in [0.3, 0.4) is 0 Å². The van der Waals surface area contributed by atoms with Crippen LogP contribution < -0.4 is 0 Å². The Labute approximate surface area is 140 Å². The Kier molecular flexibility index (Phi) is 9.71. The minimum Gasteiger partial charge on any atom is -0.393 e. The molecule has 0 amide bonds. The molecule has 0 spiro atoms. The van der Waals surface area contributed by atoms with E-state index >= 15 is 0 Å². The summed E-state index contributed by atoms with van der Waals surface area (Å²) in [7, 11) is 0. The van der Waals surface area contributed by atoms with Crippen LogP contribution in [0.5, 0.6) is 0 Å². The Balaban J connectivity index is 2.15. The minimum absolute atomic E-state index is 0.0299. The van der Waals surface area contributed by atoms with Crippen molar-refractivity contribution in [1.82, 2.24) is 0 Å². The van der Waals surface area contributed by atoms with E-state index in [1.165, 1.54) is 57.8 Å². The number of hydrogen-bond donors (Lipinski definition) is 1. The van der Waals surface area contributed by atoms with E-state index in [4.69, 9.17) is 0 Å². The van der Waals surface area contributed by atoms with E-state index in [2.05, 4.69) is 34.6 Å². The van der Waals surface area contributed by atoms with E-state index in [9.17, 15) is 5.11 Å². The molecule has 0 aromatic carbocycles. The summed E-state index contributed by atoms with van der Waals surface area (Å²) in [4.78, 5) is 0. The zero-order valence-electron chi connectivity index (χ0n) is 16.0. The molecule has 1 fully saturated rings. The first-order valence-corrected chi connectivity index (χ1v) is 10.1. The number of aliphatic hydroxyl groups is 1. The van der Waals surface area contributed by atoms with Crippen molar-refractivity contribution in [3.63, 3.8) is 0 Å². The maximum absolute atomic E-state index is 10.5. The summed E-state index contributed by atoms with van der Waals surface area (Å²) >= 11 is 0. The van der Waals surface area contributed by atoms with Crippen molar-refractivity contribution in [3.05, 3.63) is 0 Å². The highest BCUT2D eigenvalue weighted by molar-refractivity contribution is 4.77. The molecule has 132 valence electrons. The first-order valence-electron chi connectivity index (χ1n) is 10.1. The van der Waals surface area contributed by atoms with Gasteiger partial charge in [-0.3, -0.25) is 0 Å². The molecule has 0 saturated heterocycles. The van der Waals surface area contributed by atoms with E-state index in [1.54, 1.807) is 0 Å². The molecule has 5 atom stereocenters. The van der Waals surface area contributed by atoms with Gasteiger partial charge in [0.05, 0.1) is 6.10 Å². The van der Waals surface area contributed by atoms with Crippen LogP contribution >= 0.6 is 0 Å². The maximum atomic E-state index is 10.5. The van der Waals surface area contributed by atoms with Gasteiger partial charge in [-0.2, -0.15) is 0 Å². The lowest BCUT2D eigenvalue weighted by molar-refractivity contribution is 0.0591. The summed E-state index contributed by atoms with van der Waals surface area (Å²) in [5.41, 5.74) is 0. The van der Waals surface area contributed by atoms with Gasteiger partial charge in [0.15, 0.2) is 0 Å². The molecule has 1 saturated carbocycles. The van der Waals surface area contributed by atoms with Crippen molar-refractivity contribution < 1.29 is 5.11 Å². The van der Waals surface area contributed by atoms with Crippen LogP contribution in [-0.4, -0.2) is 11.2 Å². The molecule has 22 heavy (non-hydrogen) atoms. The smallest absolute Gasteiger partial charge is 0.0568 e. The molecule has 1 heteroatoms. The molecular weight excluding hydrogens is 268 g/mol. The molecular formula is C21H42O. The summed E-state index contributed by atoms with van der Waals surface area (Å²) in [6.07, 6.45) is 12.8. The number of rotatable bonds is 10. The summed E-state index contributed by atoms with van der Waals surface area (Å²) < 4.78 is 0. The van der Waals surface area contributed by atoms with Gasteiger partial charge in [-0.05, 0) is 55.3 Å². The standard InChI is InChI=1S/C21H42O/c1-6-19-11-9-12-20(15-19)21(22)13-8-7-10-17(4)18(5)14-16(2)3/h16-22H,6-15H2,1-5H3/t17-,18-,19+,20?,21?/m0/s1. The van der Waals surface area contributed by atoms with Crippen molar-refractivity contribution in [2.45, 2.75) is 105 Å². The van der Waals surface area contributed by atoms with Crippen molar-refractivity contribution in [3.8, 4) is 0 Å². The van der Waals surface area contributed by atoms with Crippen LogP contribution in [0, 0.1) is 29.6 Å². The van der Waals surface area contributed by atoms with Crippen LogP contribution in [0.25, 0.3) is 0 Å². The molecule has 1 N–H and O–H groups in total. The molecule has 1 aliphatic carbocycles. The molecule has 0 aliphatic heterocycles. The zero-order chi connectivity index (χ0) is 16.5. The van der Waals surface area contributed by atoms with Crippen molar-refractivity contribution in [2.75, 3.05) is 0 Å². The van der Waals surface area contributed by atoms with Gasteiger partial charge in [0.25, 0.3) is 0 Å². The highest BCUT2D eigenvalue weighted by Crippen LogP contribution is 2.34. The lowest BCUT2D eigenvalue weighted by atomic mass is 9.76. The third kappa shape index (κ3) is 7.49. The van der Waals surface area contributed by atoms with Crippen LogP contribution in [0.4, 0.5) is 0 Å². The first-order chi connectivity index (χ1) is 10.4. The summed E-state index contributed by atoms with van der Waals surface area (Å²) in [5.74, 6) is 3.96. The van der Waals surface area contributed by atoms with Crippen LogP contribution in [-0.2, 0) is 0 Å². The van der Waals surface area contributed by atoms with Gasteiger partial charge in [0.2, 0.25) is 0 Å². The third-order valence-electron chi connectivity index (χ3n) is 6.17.